The van der Waals surface area contributed by atoms with Gasteiger partial charge in [0.25, 0.3) is 5.91 Å². The maximum absolute atomic E-state index is 13.0. The first-order valence-corrected chi connectivity index (χ1v) is 11.3. The molecule has 0 unspecified atom stereocenters. The van der Waals surface area contributed by atoms with Gasteiger partial charge in [-0.3, -0.25) is 19.3 Å². The molecule has 4 rings (SSSR count). The zero-order valence-corrected chi connectivity index (χ0v) is 18.8. The Morgan fingerprint density at radius 3 is 2.29 bits per heavy atom. The molecule has 1 fully saturated rings. The molecule has 0 radical (unpaired) electrons. The highest BCUT2D eigenvalue weighted by molar-refractivity contribution is 5.98. The highest BCUT2D eigenvalue weighted by atomic mass is 19.1. The Morgan fingerprint density at radius 1 is 0.853 bits per heavy atom. The topological polar surface area (TPSA) is 81.8 Å². The number of halogens is 1. The molecule has 3 amide bonds. The second kappa shape index (κ2) is 10.9. The van der Waals surface area contributed by atoms with Crippen LogP contribution in [0.3, 0.4) is 0 Å². The lowest BCUT2D eigenvalue weighted by Crippen LogP contribution is -2.50. The number of amides is 3. The molecule has 0 aliphatic carbocycles. The molecule has 1 heterocycles. The van der Waals surface area contributed by atoms with Gasteiger partial charge in [-0.1, -0.05) is 30.3 Å². The minimum absolute atomic E-state index is 0.0192. The molecule has 2 N–H and O–H groups in total. The molecule has 8 heteroatoms. The molecule has 34 heavy (non-hydrogen) atoms. The molecule has 176 valence electrons. The van der Waals surface area contributed by atoms with Gasteiger partial charge in [0, 0.05) is 50.4 Å². The Labute approximate surface area is 197 Å². The third kappa shape index (κ3) is 6.17. The Kier molecular flexibility index (Phi) is 7.49. The van der Waals surface area contributed by atoms with Crippen LogP contribution in [0.1, 0.15) is 16.8 Å². The third-order valence-corrected chi connectivity index (χ3v) is 5.86. The average Bonchev–Trinajstić information content (AvgIpc) is 2.85. The van der Waals surface area contributed by atoms with E-state index in [2.05, 4.69) is 10.6 Å². The van der Waals surface area contributed by atoms with E-state index in [1.54, 1.807) is 11.0 Å². The first-order valence-electron chi connectivity index (χ1n) is 11.3. The number of carbonyl (C=O) groups excluding carboxylic acids is 3. The number of rotatable bonds is 7. The summed E-state index contributed by atoms with van der Waals surface area (Å²) in [5, 5.41) is 7.63. The van der Waals surface area contributed by atoms with Gasteiger partial charge in [0.2, 0.25) is 11.8 Å². The molecule has 0 aromatic heterocycles. The van der Waals surface area contributed by atoms with E-state index >= 15 is 0 Å². The maximum atomic E-state index is 13.0. The average molecular weight is 463 g/mol. The smallest absolute Gasteiger partial charge is 0.251 e. The van der Waals surface area contributed by atoms with Crippen LogP contribution < -0.4 is 10.6 Å². The molecule has 3 aromatic rings. The van der Waals surface area contributed by atoms with Crippen molar-refractivity contribution in [2.24, 2.45) is 0 Å². The summed E-state index contributed by atoms with van der Waals surface area (Å²) in [5.74, 6) is -0.750. The molecule has 0 bridgehead atoms. The Bertz CT molecular complexity index is 1170. The second-order valence-electron chi connectivity index (χ2n) is 8.28. The van der Waals surface area contributed by atoms with Crippen molar-refractivity contribution in [2.75, 3.05) is 44.6 Å². The van der Waals surface area contributed by atoms with Crippen molar-refractivity contribution in [3.05, 3.63) is 78.1 Å². The fourth-order valence-electron chi connectivity index (χ4n) is 3.97. The predicted octanol–water partition coefficient (Wildman–Crippen LogP) is 2.88. The SMILES string of the molecule is O=C(CN1CCN(C(=O)CCNC(=O)c2ccc3ccccc3c2)CC1)Nc1ccc(F)cc1. The van der Waals surface area contributed by atoms with Crippen molar-refractivity contribution in [2.45, 2.75) is 6.42 Å². The largest absolute Gasteiger partial charge is 0.352 e. The summed E-state index contributed by atoms with van der Waals surface area (Å²) in [6.45, 7) is 2.71. The minimum atomic E-state index is -0.355. The number of hydrogen-bond acceptors (Lipinski definition) is 4. The number of hydrogen-bond donors (Lipinski definition) is 2. The molecular formula is C26H27FN4O3. The number of nitrogens with zero attached hydrogens (tertiary/aromatic N) is 2. The molecule has 0 saturated carbocycles. The summed E-state index contributed by atoms with van der Waals surface area (Å²) in [7, 11) is 0. The fourth-order valence-corrected chi connectivity index (χ4v) is 3.97. The van der Waals surface area contributed by atoms with E-state index in [0.717, 1.165) is 10.8 Å². The third-order valence-electron chi connectivity index (χ3n) is 5.86. The van der Waals surface area contributed by atoms with Gasteiger partial charge in [-0.05, 0) is 47.2 Å². The molecule has 0 spiro atoms. The van der Waals surface area contributed by atoms with E-state index in [4.69, 9.17) is 0 Å². The number of fused-ring (bicyclic) bond motifs is 1. The monoisotopic (exact) mass is 462 g/mol. The van der Waals surface area contributed by atoms with Gasteiger partial charge in [-0.15, -0.1) is 0 Å². The molecule has 1 aliphatic heterocycles. The van der Waals surface area contributed by atoms with E-state index < -0.39 is 0 Å². The van der Waals surface area contributed by atoms with Crippen molar-refractivity contribution in [1.82, 2.24) is 15.1 Å². The summed E-state index contributed by atoms with van der Waals surface area (Å²) < 4.78 is 13.0. The summed E-state index contributed by atoms with van der Waals surface area (Å²) >= 11 is 0. The van der Waals surface area contributed by atoms with E-state index in [0.29, 0.717) is 37.4 Å². The van der Waals surface area contributed by atoms with Crippen LogP contribution in [0.25, 0.3) is 10.8 Å². The molecule has 0 atom stereocenters. The Morgan fingerprint density at radius 2 is 1.56 bits per heavy atom. The van der Waals surface area contributed by atoms with Crippen LogP contribution in [0.5, 0.6) is 0 Å². The van der Waals surface area contributed by atoms with Gasteiger partial charge in [0.1, 0.15) is 5.82 Å². The number of carbonyl (C=O) groups is 3. The van der Waals surface area contributed by atoms with Crippen LogP contribution in [0.2, 0.25) is 0 Å². The lowest BCUT2D eigenvalue weighted by molar-refractivity contribution is -0.132. The summed E-state index contributed by atoms with van der Waals surface area (Å²) in [6, 6.07) is 19.0. The summed E-state index contributed by atoms with van der Waals surface area (Å²) in [6.07, 6.45) is 0.227. The van der Waals surface area contributed by atoms with Gasteiger partial charge < -0.3 is 15.5 Å². The zero-order valence-electron chi connectivity index (χ0n) is 18.8. The van der Waals surface area contributed by atoms with E-state index in [1.165, 1.54) is 24.3 Å². The summed E-state index contributed by atoms with van der Waals surface area (Å²) in [5.41, 5.74) is 1.12. The number of anilines is 1. The lowest BCUT2D eigenvalue weighted by atomic mass is 10.1. The van der Waals surface area contributed by atoms with Crippen LogP contribution in [0.15, 0.2) is 66.7 Å². The number of benzene rings is 3. The van der Waals surface area contributed by atoms with Gasteiger partial charge >= 0.3 is 0 Å². The highest BCUT2D eigenvalue weighted by Gasteiger charge is 2.22. The summed E-state index contributed by atoms with van der Waals surface area (Å²) in [4.78, 5) is 40.9. The van der Waals surface area contributed by atoms with Crippen LogP contribution in [0.4, 0.5) is 10.1 Å². The predicted molar refractivity (Wildman–Crippen MR) is 129 cm³/mol. The van der Waals surface area contributed by atoms with Gasteiger partial charge in [-0.2, -0.15) is 0 Å². The standard InChI is InChI=1S/C26H27FN4O3/c27-22-7-9-23(10-8-22)29-24(32)18-30-13-15-31(16-14-30)25(33)11-12-28-26(34)21-6-5-19-3-1-2-4-20(19)17-21/h1-10,17H,11-16,18H2,(H,28,34)(H,29,32). The Balaban J connectivity index is 1.16. The van der Waals surface area contributed by atoms with Crippen molar-refractivity contribution in [3.63, 3.8) is 0 Å². The van der Waals surface area contributed by atoms with Crippen molar-refractivity contribution in [3.8, 4) is 0 Å². The van der Waals surface area contributed by atoms with Crippen LogP contribution >= 0.6 is 0 Å². The van der Waals surface area contributed by atoms with Crippen LogP contribution in [-0.2, 0) is 9.59 Å². The lowest BCUT2D eigenvalue weighted by Gasteiger charge is -2.34. The second-order valence-corrected chi connectivity index (χ2v) is 8.28. The molecule has 1 saturated heterocycles. The molecular weight excluding hydrogens is 435 g/mol. The fraction of sp³-hybridized carbons (Fsp3) is 0.269. The van der Waals surface area contributed by atoms with Crippen molar-refractivity contribution >= 4 is 34.2 Å². The number of piperazine rings is 1. The molecule has 3 aromatic carbocycles. The van der Waals surface area contributed by atoms with Gasteiger partial charge in [0.05, 0.1) is 6.54 Å². The normalized spacial score (nSPS) is 14.1. The first kappa shape index (κ1) is 23.4. The molecule has 1 aliphatic rings. The van der Waals surface area contributed by atoms with Gasteiger partial charge in [0.15, 0.2) is 0 Å². The zero-order chi connectivity index (χ0) is 23.9. The van der Waals surface area contributed by atoms with Gasteiger partial charge in [-0.25, -0.2) is 4.39 Å². The van der Waals surface area contributed by atoms with Crippen LogP contribution in [0, 0.1) is 5.82 Å². The highest BCUT2D eigenvalue weighted by Crippen LogP contribution is 2.15. The maximum Gasteiger partial charge on any atom is 0.251 e. The molecule has 7 nitrogen and oxygen atoms in total. The number of nitrogens with one attached hydrogen (secondary N) is 2. The quantitative estimate of drug-likeness (QED) is 0.566. The van der Waals surface area contributed by atoms with E-state index in [9.17, 15) is 18.8 Å². The van der Waals surface area contributed by atoms with Crippen LogP contribution in [-0.4, -0.2) is 66.8 Å². The Hall–Kier alpha value is -3.78. The van der Waals surface area contributed by atoms with E-state index in [1.807, 2.05) is 41.3 Å². The van der Waals surface area contributed by atoms with Crippen molar-refractivity contribution in [1.29, 1.82) is 0 Å². The first-order chi connectivity index (χ1) is 16.5. The van der Waals surface area contributed by atoms with E-state index in [-0.39, 0.29) is 43.0 Å². The minimum Gasteiger partial charge on any atom is -0.352 e. The van der Waals surface area contributed by atoms with Crippen molar-refractivity contribution < 1.29 is 18.8 Å².